The average molecular weight is 504 g/mol. The van der Waals surface area contributed by atoms with Crippen molar-refractivity contribution in [1.29, 1.82) is 0 Å². The lowest BCUT2D eigenvalue weighted by Crippen LogP contribution is -2.23. The maximum Gasteiger partial charge on any atom is 0.162 e. The second-order valence-electron chi connectivity index (χ2n) is 9.08. The van der Waals surface area contributed by atoms with Crippen LogP contribution in [0.3, 0.4) is 0 Å². The number of para-hydroxylation sites is 1. The van der Waals surface area contributed by atoms with Crippen molar-refractivity contribution in [2.45, 2.75) is 46.2 Å². The van der Waals surface area contributed by atoms with Crippen LogP contribution in [0.15, 0.2) is 42.7 Å². The first-order valence-corrected chi connectivity index (χ1v) is 12.5. The minimum absolute atomic E-state index is 0.258. The molecular formula is C26H33N9O2. The third kappa shape index (κ3) is 5.27. The van der Waals surface area contributed by atoms with Crippen molar-refractivity contribution in [2.24, 2.45) is 11.5 Å². The Morgan fingerprint density at radius 2 is 1.49 bits per heavy atom. The summed E-state index contributed by atoms with van der Waals surface area (Å²) >= 11 is 0. The predicted molar refractivity (Wildman–Crippen MR) is 140 cm³/mol. The Hall–Kier alpha value is -3.96. The molecule has 2 aromatic carbocycles. The first-order valence-electron chi connectivity index (χ1n) is 12.5. The van der Waals surface area contributed by atoms with Gasteiger partial charge in [-0.25, -0.2) is 0 Å². The number of fused-ring (bicyclic) bond motifs is 3. The predicted octanol–water partition coefficient (Wildman–Crippen LogP) is 2.12. The fourth-order valence-electron chi connectivity index (χ4n) is 4.68. The van der Waals surface area contributed by atoms with Gasteiger partial charge in [0.15, 0.2) is 11.5 Å². The van der Waals surface area contributed by atoms with Gasteiger partial charge >= 0.3 is 0 Å². The number of hydrogen-bond acceptors (Lipinski definition) is 9. The highest BCUT2D eigenvalue weighted by molar-refractivity contribution is 5.86. The molecule has 0 radical (unpaired) electrons. The second kappa shape index (κ2) is 11.0. The van der Waals surface area contributed by atoms with Gasteiger partial charge < -0.3 is 25.8 Å². The van der Waals surface area contributed by atoms with Crippen molar-refractivity contribution in [3.8, 4) is 22.6 Å². The summed E-state index contributed by atoms with van der Waals surface area (Å²) < 4.78 is 15.9. The summed E-state index contributed by atoms with van der Waals surface area (Å²) in [6.07, 6.45) is 4.66. The quantitative estimate of drug-likeness (QED) is 0.315. The van der Waals surface area contributed by atoms with Gasteiger partial charge in [-0.2, -0.15) is 0 Å². The molecule has 0 bridgehead atoms. The van der Waals surface area contributed by atoms with Crippen LogP contribution in [0.1, 0.15) is 29.4 Å². The topological polar surface area (TPSA) is 135 Å². The van der Waals surface area contributed by atoms with E-state index >= 15 is 0 Å². The van der Waals surface area contributed by atoms with Crippen molar-refractivity contribution >= 4 is 5.69 Å². The van der Waals surface area contributed by atoms with Crippen LogP contribution in [0.4, 0.5) is 5.69 Å². The molecule has 0 saturated carbocycles. The number of aryl methyl sites for hydroxylation is 1. The number of aromatic nitrogens is 6. The number of benzene rings is 2. The van der Waals surface area contributed by atoms with E-state index in [-0.39, 0.29) is 13.2 Å². The summed E-state index contributed by atoms with van der Waals surface area (Å²) in [4.78, 5) is 2.30. The highest BCUT2D eigenvalue weighted by Crippen LogP contribution is 2.45. The smallest absolute Gasteiger partial charge is 0.162 e. The summed E-state index contributed by atoms with van der Waals surface area (Å²) in [5.74, 6) is 1.28. The van der Waals surface area contributed by atoms with E-state index < -0.39 is 0 Å². The molecule has 3 heterocycles. The molecule has 37 heavy (non-hydrogen) atoms. The summed E-state index contributed by atoms with van der Waals surface area (Å²) in [6, 6.07) is 10.6. The molecular weight excluding hydrogens is 470 g/mol. The first-order chi connectivity index (χ1) is 18.1. The third-order valence-electron chi connectivity index (χ3n) is 6.39. The number of nitrogens with zero attached hydrogens (tertiary/aromatic N) is 7. The van der Waals surface area contributed by atoms with E-state index in [0.717, 1.165) is 29.9 Å². The van der Waals surface area contributed by atoms with Crippen LogP contribution in [0.25, 0.3) is 11.1 Å². The normalized spacial score (nSPS) is 12.4. The minimum atomic E-state index is 0.258. The van der Waals surface area contributed by atoms with Gasteiger partial charge in [-0.15, -0.1) is 10.2 Å². The lowest BCUT2D eigenvalue weighted by atomic mass is 9.90. The van der Waals surface area contributed by atoms with Gasteiger partial charge in [0, 0.05) is 37.9 Å². The number of hydrogen-bond donors (Lipinski definition) is 2. The van der Waals surface area contributed by atoms with Gasteiger partial charge in [0.05, 0.1) is 25.5 Å². The fourth-order valence-corrected chi connectivity index (χ4v) is 4.68. The summed E-state index contributed by atoms with van der Waals surface area (Å²) in [7, 11) is 2.13. The van der Waals surface area contributed by atoms with Gasteiger partial charge in [-0.1, -0.05) is 35.5 Å². The summed E-state index contributed by atoms with van der Waals surface area (Å²) in [5, 5.41) is 16.6. The molecule has 0 unspecified atom stereocenters. The van der Waals surface area contributed by atoms with Crippen molar-refractivity contribution in [1.82, 2.24) is 30.0 Å². The number of rotatable bonds is 11. The molecule has 11 heteroatoms. The molecule has 11 nitrogen and oxygen atoms in total. The molecule has 0 saturated heterocycles. The number of ether oxygens (including phenoxy) is 2. The third-order valence-corrected chi connectivity index (χ3v) is 6.39. The minimum Gasteiger partial charge on any atom is -0.483 e. The van der Waals surface area contributed by atoms with Gasteiger partial charge in [0.1, 0.15) is 24.6 Å². The molecule has 5 rings (SSSR count). The van der Waals surface area contributed by atoms with Crippen LogP contribution in [0.2, 0.25) is 0 Å². The van der Waals surface area contributed by atoms with E-state index in [1.165, 1.54) is 22.4 Å². The standard InChI is InChI=1S/C26H33N9O2/c1-3-18-5-4-6-22-23-12-25(37-17-21-15-35(10-8-28)32-30-21)24(11-19(23)13-33(2)26(18)22)36-16-20-14-34(9-7-27)31-29-20/h4-6,11-12,14-15H,3,7-10,13,16-17,27-28H2,1-2H3. The Bertz CT molecular complexity index is 1360. The van der Waals surface area contributed by atoms with Gasteiger partial charge in [-0.05, 0) is 35.2 Å². The number of nitrogens with two attached hydrogens (primary N) is 2. The highest BCUT2D eigenvalue weighted by atomic mass is 16.5. The Kier molecular flexibility index (Phi) is 7.33. The van der Waals surface area contributed by atoms with Crippen LogP contribution in [-0.4, -0.2) is 50.1 Å². The van der Waals surface area contributed by atoms with E-state index in [4.69, 9.17) is 20.9 Å². The van der Waals surface area contributed by atoms with Crippen molar-refractivity contribution in [3.63, 3.8) is 0 Å². The lowest BCUT2D eigenvalue weighted by molar-refractivity contribution is 0.251. The summed E-state index contributed by atoms with van der Waals surface area (Å²) in [5.41, 5.74) is 18.8. The molecule has 0 spiro atoms. The molecule has 0 fully saturated rings. The Labute approximate surface area is 216 Å². The lowest BCUT2D eigenvalue weighted by Gasteiger charge is -2.32. The molecule has 0 aliphatic carbocycles. The summed E-state index contributed by atoms with van der Waals surface area (Å²) in [6.45, 7) is 5.69. The second-order valence-corrected chi connectivity index (χ2v) is 9.08. The Balaban J connectivity index is 1.46. The SMILES string of the molecule is CCc1cccc2c1N(C)Cc1cc(OCc3cn(CCN)nn3)c(OCc3cn(CCN)nn3)cc1-2. The van der Waals surface area contributed by atoms with E-state index in [1.807, 2.05) is 12.4 Å². The molecule has 4 aromatic rings. The van der Waals surface area contributed by atoms with E-state index in [1.54, 1.807) is 9.36 Å². The van der Waals surface area contributed by atoms with E-state index in [0.29, 0.717) is 37.7 Å². The Morgan fingerprint density at radius 3 is 2.08 bits per heavy atom. The monoisotopic (exact) mass is 503 g/mol. The zero-order valence-corrected chi connectivity index (χ0v) is 21.3. The van der Waals surface area contributed by atoms with Crippen molar-refractivity contribution < 1.29 is 9.47 Å². The van der Waals surface area contributed by atoms with Gasteiger partial charge in [0.2, 0.25) is 0 Å². The van der Waals surface area contributed by atoms with Crippen LogP contribution in [-0.2, 0) is 39.3 Å². The first kappa shape index (κ1) is 24.7. The van der Waals surface area contributed by atoms with Crippen LogP contribution >= 0.6 is 0 Å². The van der Waals surface area contributed by atoms with E-state index in [9.17, 15) is 0 Å². The zero-order chi connectivity index (χ0) is 25.8. The van der Waals surface area contributed by atoms with Crippen molar-refractivity contribution in [2.75, 3.05) is 25.0 Å². The van der Waals surface area contributed by atoms with Gasteiger partial charge in [-0.3, -0.25) is 9.36 Å². The van der Waals surface area contributed by atoms with Crippen LogP contribution < -0.4 is 25.8 Å². The molecule has 4 N–H and O–H groups in total. The van der Waals surface area contributed by atoms with E-state index in [2.05, 4.69) is 69.8 Å². The zero-order valence-electron chi connectivity index (χ0n) is 21.3. The van der Waals surface area contributed by atoms with Gasteiger partial charge in [0.25, 0.3) is 0 Å². The molecule has 2 aromatic heterocycles. The maximum atomic E-state index is 6.27. The largest absolute Gasteiger partial charge is 0.483 e. The maximum absolute atomic E-state index is 6.27. The molecule has 1 aliphatic rings. The fraction of sp³-hybridized carbons (Fsp3) is 0.385. The van der Waals surface area contributed by atoms with Crippen molar-refractivity contribution in [3.05, 3.63) is 65.2 Å². The molecule has 0 atom stereocenters. The number of anilines is 1. The van der Waals surface area contributed by atoms with Crippen LogP contribution in [0, 0.1) is 0 Å². The molecule has 0 amide bonds. The van der Waals surface area contributed by atoms with Crippen LogP contribution in [0.5, 0.6) is 11.5 Å². The Morgan fingerprint density at radius 1 is 0.865 bits per heavy atom. The average Bonchev–Trinajstić information content (AvgIpc) is 3.55. The highest BCUT2D eigenvalue weighted by Gasteiger charge is 2.24. The molecule has 1 aliphatic heterocycles. The molecule has 194 valence electrons.